The molecule has 1 aliphatic carbocycles. The first kappa shape index (κ1) is 35.4. The lowest BCUT2D eigenvalue weighted by Crippen LogP contribution is -2.69. The Kier molecular flexibility index (Phi) is 12.9. The van der Waals surface area contributed by atoms with Gasteiger partial charge in [-0.1, -0.05) is 0 Å². The highest BCUT2D eigenvalue weighted by Gasteiger charge is 2.52. The molecule has 42 heavy (non-hydrogen) atoms. The second-order valence-electron chi connectivity index (χ2n) is 12.1. The number of rotatable bonds is 13. The molecule has 0 aromatic carbocycles. The molecule has 3 aliphatic rings. The van der Waals surface area contributed by atoms with Gasteiger partial charge in [-0.15, -0.1) is 0 Å². The molecule has 13 atom stereocenters. The molecule has 0 aromatic heterocycles. The van der Waals surface area contributed by atoms with Crippen LogP contribution in [0.2, 0.25) is 0 Å². The zero-order chi connectivity index (χ0) is 31.2. The molecule has 2 heterocycles. The van der Waals surface area contributed by atoms with Gasteiger partial charge in [-0.05, 0) is 53.1 Å². The molecule has 0 spiro atoms. The topological polar surface area (TPSA) is 269 Å². The second kappa shape index (κ2) is 15.3. The van der Waals surface area contributed by atoms with Gasteiger partial charge in [-0.25, -0.2) is 0 Å². The molecule has 246 valence electrons. The summed E-state index contributed by atoms with van der Waals surface area (Å²) >= 11 is 0. The number of ether oxygens (including phenoxy) is 4. The third-order valence-corrected chi connectivity index (χ3v) is 8.36. The average molecular weight is 609 g/mol. The van der Waals surface area contributed by atoms with Gasteiger partial charge in [-0.2, -0.15) is 0 Å². The Morgan fingerprint density at radius 2 is 1.81 bits per heavy atom. The van der Waals surface area contributed by atoms with E-state index in [0.717, 1.165) is 0 Å². The van der Waals surface area contributed by atoms with Crippen molar-refractivity contribution in [3.63, 3.8) is 0 Å². The Labute approximate surface area is 246 Å². The van der Waals surface area contributed by atoms with Crippen molar-refractivity contribution in [2.24, 2.45) is 17.2 Å². The molecule has 0 radical (unpaired) electrons. The third kappa shape index (κ3) is 8.54. The van der Waals surface area contributed by atoms with Crippen LogP contribution in [0.5, 0.6) is 0 Å². The first-order valence-corrected chi connectivity index (χ1v) is 14.6. The first-order chi connectivity index (χ1) is 19.8. The van der Waals surface area contributed by atoms with E-state index >= 15 is 0 Å². The van der Waals surface area contributed by atoms with Gasteiger partial charge >= 0.3 is 0 Å². The van der Waals surface area contributed by atoms with Crippen molar-refractivity contribution in [2.75, 3.05) is 39.9 Å². The summed E-state index contributed by atoms with van der Waals surface area (Å²) in [6.45, 7) is 4.13. The van der Waals surface area contributed by atoms with E-state index in [0.29, 0.717) is 25.9 Å². The van der Waals surface area contributed by atoms with Crippen molar-refractivity contribution < 1.29 is 49.3 Å². The SMILES string of the molecule is CNC1C(O)C(OC2C(NC(=O)C(O)CCN)CC(N)C(OC3OC(C)(CNCCO)CCC3N)C2O)OCC1(C)O. The number of aliphatic hydroxyl groups is 5. The second-order valence-corrected chi connectivity index (χ2v) is 12.1. The highest BCUT2D eigenvalue weighted by molar-refractivity contribution is 5.80. The first-order valence-electron chi connectivity index (χ1n) is 14.6. The van der Waals surface area contributed by atoms with Gasteiger partial charge in [-0.3, -0.25) is 4.79 Å². The number of hydrogen-bond donors (Lipinski definition) is 11. The van der Waals surface area contributed by atoms with Crippen LogP contribution in [0.3, 0.4) is 0 Å². The summed E-state index contributed by atoms with van der Waals surface area (Å²) < 4.78 is 24.2. The van der Waals surface area contributed by atoms with Crippen LogP contribution in [0, 0.1) is 0 Å². The average Bonchev–Trinajstić information content (AvgIpc) is 2.92. The summed E-state index contributed by atoms with van der Waals surface area (Å²) in [5.41, 5.74) is 16.2. The van der Waals surface area contributed by atoms with Crippen LogP contribution in [0.15, 0.2) is 0 Å². The van der Waals surface area contributed by atoms with Gasteiger partial charge in [0, 0.05) is 19.1 Å². The van der Waals surface area contributed by atoms with Crippen LogP contribution in [0.25, 0.3) is 0 Å². The molecule has 3 rings (SSSR count). The summed E-state index contributed by atoms with van der Waals surface area (Å²) in [6.07, 6.45) is -7.35. The summed E-state index contributed by atoms with van der Waals surface area (Å²) in [7, 11) is 1.57. The van der Waals surface area contributed by atoms with Crippen molar-refractivity contribution >= 4 is 5.91 Å². The van der Waals surface area contributed by atoms with Crippen molar-refractivity contribution in [2.45, 2.75) is 118 Å². The number of nitrogens with one attached hydrogen (secondary N) is 3. The highest BCUT2D eigenvalue weighted by atomic mass is 16.7. The number of carbonyl (C=O) groups excluding carboxylic acids is 1. The number of amides is 1. The van der Waals surface area contributed by atoms with Gasteiger partial charge in [0.25, 0.3) is 0 Å². The van der Waals surface area contributed by atoms with E-state index in [-0.39, 0.29) is 32.6 Å². The van der Waals surface area contributed by atoms with Gasteiger partial charge in [0.2, 0.25) is 5.91 Å². The molecule has 16 nitrogen and oxygen atoms in total. The van der Waals surface area contributed by atoms with E-state index in [1.165, 1.54) is 6.92 Å². The van der Waals surface area contributed by atoms with Crippen molar-refractivity contribution in [3.8, 4) is 0 Å². The quantitative estimate of drug-likeness (QED) is 0.0873. The number of nitrogens with two attached hydrogens (primary N) is 3. The fraction of sp³-hybridized carbons (Fsp3) is 0.962. The maximum absolute atomic E-state index is 12.7. The molecule has 1 saturated carbocycles. The smallest absolute Gasteiger partial charge is 0.249 e. The predicted octanol–water partition coefficient (Wildman–Crippen LogP) is -5.10. The Balaban J connectivity index is 1.81. The maximum Gasteiger partial charge on any atom is 0.249 e. The third-order valence-electron chi connectivity index (χ3n) is 8.36. The summed E-state index contributed by atoms with van der Waals surface area (Å²) in [5.74, 6) is -0.720. The number of likely N-dealkylation sites (N-methyl/N-ethyl adjacent to an activating group) is 1. The van der Waals surface area contributed by atoms with Crippen LogP contribution >= 0.6 is 0 Å². The molecular weight excluding hydrogens is 556 g/mol. The molecule has 0 aromatic rings. The van der Waals surface area contributed by atoms with E-state index in [9.17, 15) is 25.2 Å². The van der Waals surface area contributed by atoms with Crippen LogP contribution in [-0.2, 0) is 23.7 Å². The number of aliphatic hydroxyl groups excluding tert-OH is 4. The van der Waals surface area contributed by atoms with Crippen LogP contribution in [0.4, 0.5) is 0 Å². The lowest BCUT2D eigenvalue weighted by molar-refractivity contribution is -0.312. The van der Waals surface area contributed by atoms with Gasteiger partial charge < -0.3 is 77.6 Å². The highest BCUT2D eigenvalue weighted by Crippen LogP contribution is 2.34. The van der Waals surface area contributed by atoms with Crippen LogP contribution in [-0.4, -0.2) is 150 Å². The fourth-order valence-electron chi connectivity index (χ4n) is 5.91. The Morgan fingerprint density at radius 3 is 2.45 bits per heavy atom. The zero-order valence-electron chi connectivity index (χ0n) is 24.7. The fourth-order valence-corrected chi connectivity index (χ4v) is 5.91. The number of hydrogen-bond acceptors (Lipinski definition) is 15. The molecule has 2 aliphatic heterocycles. The van der Waals surface area contributed by atoms with E-state index in [2.05, 4.69) is 16.0 Å². The molecular formula is C26H52N6O10. The number of carbonyl (C=O) groups is 1. The van der Waals surface area contributed by atoms with E-state index in [1.807, 2.05) is 6.92 Å². The lowest BCUT2D eigenvalue weighted by atomic mass is 9.83. The standard InChI is InChI=1S/C26H52N6O10/c1-25(11-31-8-9-33)6-4-13(28)23(42-25)40-19-14(29)10-15(32-22(37)16(34)5-7-27)20(17(19)35)41-24-18(36)21(30-3)26(2,38)12-39-24/h13-21,23-24,30-31,33-36,38H,4-12,27-29H2,1-3H3,(H,32,37). The molecule has 13 unspecified atom stereocenters. The minimum atomic E-state index is -1.45. The predicted molar refractivity (Wildman–Crippen MR) is 150 cm³/mol. The zero-order valence-corrected chi connectivity index (χ0v) is 24.7. The molecule has 3 fully saturated rings. The minimum Gasteiger partial charge on any atom is -0.395 e. The van der Waals surface area contributed by atoms with E-state index in [4.69, 9.17) is 41.3 Å². The summed E-state index contributed by atoms with van der Waals surface area (Å²) in [4.78, 5) is 12.7. The van der Waals surface area contributed by atoms with Crippen molar-refractivity contribution in [3.05, 3.63) is 0 Å². The monoisotopic (exact) mass is 608 g/mol. The minimum absolute atomic E-state index is 0.0208. The van der Waals surface area contributed by atoms with Gasteiger partial charge in [0.15, 0.2) is 12.6 Å². The van der Waals surface area contributed by atoms with Gasteiger partial charge in [0.05, 0.1) is 36.9 Å². The summed E-state index contributed by atoms with van der Waals surface area (Å²) in [5, 5.41) is 61.1. The summed E-state index contributed by atoms with van der Waals surface area (Å²) in [6, 6.07) is -3.05. The van der Waals surface area contributed by atoms with Gasteiger partial charge in [0.1, 0.15) is 36.1 Å². The Morgan fingerprint density at radius 1 is 1.12 bits per heavy atom. The van der Waals surface area contributed by atoms with E-state index in [1.54, 1.807) is 7.05 Å². The van der Waals surface area contributed by atoms with E-state index < -0.39 is 84.4 Å². The Hall–Kier alpha value is -1.09. The lowest BCUT2D eigenvalue weighted by Gasteiger charge is -2.49. The maximum atomic E-state index is 12.7. The van der Waals surface area contributed by atoms with Crippen molar-refractivity contribution in [1.82, 2.24) is 16.0 Å². The largest absolute Gasteiger partial charge is 0.395 e. The normalized spacial score (nSPS) is 43.6. The molecule has 14 N–H and O–H groups in total. The molecule has 0 bridgehead atoms. The van der Waals surface area contributed by atoms with Crippen LogP contribution < -0.4 is 33.2 Å². The molecule has 2 saturated heterocycles. The molecule has 16 heteroatoms. The molecule has 1 amide bonds. The van der Waals surface area contributed by atoms with Crippen molar-refractivity contribution in [1.29, 1.82) is 0 Å². The van der Waals surface area contributed by atoms with Crippen LogP contribution in [0.1, 0.15) is 39.5 Å². The Bertz CT molecular complexity index is 860.